The maximum atomic E-state index is 12.2. The lowest BCUT2D eigenvalue weighted by molar-refractivity contribution is -0.385. The van der Waals surface area contributed by atoms with Crippen LogP contribution in [0.25, 0.3) is 0 Å². The molecule has 0 N–H and O–H groups in total. The van der Waals surface area contributed by atoms with Crippen molar-refractivity contribution in [2.45, 2.75) is 18.4 Å². The van der Waals surface area contributed by atoms with Gasteiger partial charge in [-0.3, -0.25) is 14.9 Å². The lowest BCUT2D eigenvalue weighted by Gasteiger charge is -2.11. The van der Waals surface area contributed by atoms with Crippen LogP contribution in [0.3, 0.4) is 0 Å². The smallest absolute Gasteiger partial charge is 0.387 e. The summed E-state index contributed by atoms with van der Waals surface area (Å²) in [5.74, 6) is -1.02. The molecule has 0 amide bonds. The minimum atomic E-state index is -3.12. The van der Waals surface area contributed by atoms with Crippen molar-refractivity contribution in [2.75, 3.05) is 7.11 Å². The van der Waals surface area contributed by atoms with E-state index < -0.39 is 23.2 Å². The highest BCUT2D eigenvalue weighted by Gasteiger charge is 2.22. The van der Waals surface area contributed by atoms with Gasteiger partial charge < -0.3 is 9.47 Å². The Morgan fingerprint density at radius 2 is 2.15 bits per heavy atom. The first kappa shape index (κ1) is 16.3. The number of esters is 1. The van der Waals surface area contributed by atoms with Crippen LogP contribution in [0, 0.1) is 10.1 Å². The number of benzene rings is 1. The fraction of sp³-hybridized carbons (Fsp3) is 0.364. The van der Waals surface area contributed by atoms with E-state index in [4.69, 9.17) is 0 Å². The summed E-state index contributed by atoms with van der Waals surface area (Å²) in [5, 5.41) is 11.0. The maximum Gasteiger partial charge on any atom is 0.387 e. The number of carbonyl (C=O) groups excluding carboxylic acids is 1. The van der Waals surface area contributed by atoms with Crippen molar-refractivity contribution in [1.82, 2.24) is 0 Å². The van der Waals surface area contributed by atoms with Crippen LogP contribution in [0.2, 0.25) is 0 Å². The first-order valence-electron chi connectivity index (χ1n) is 5.26. The molecular formula is C11H10BrF2NO5. The molecule has 0 spiro atoms. The highest BCUT2D eigenvalue weighted by Crippen LogP contribution is 2.31. The summed E-state index contributed by atoms with van der Waals surface area (Å²) in [5.41, 5.74) is -0.000445. The number of alkyl halides is 3. The summed E-state index contributed by atoms with van der Waals surface area (Å²) in [6.45, 7) is -3.12. The minimum Gasteiger partial charge on any atom is -0.469 e. The molecule has 110 valence electrons. The quantitative estimate of drug-likeness (QED) is 0.340. The summed E-state index contributed by atoms with van der Waals surface area (Å²) in [4.78, 5) is 21.5. The summed E-state index contributed by atoms with van der Waals surface area (Å²) >= 11 is 3.07. The molecule has 0 bridgehead atoms. The molecule has 0 atom stereocenters. The lowest BCUT2D eigenvalue weighted by atomic mass is 10.0. The van der Waals surface area contributed by atoms with Gasteiger partial charge in [0.15, 0.2) is 0 Å². The van der Waals surface area contributed by atoms with Gasteiger partial charge in [-0.15, -0.1) is 0 Å². The number of hydrogen-bond acceptors (Lipinski definition) is 5. The average molecular weight is 354 g/mol. The van der Waals surface area contributed by atoms with Crippen LogP contribution in [0.5, 0.6) is 5.75 Å². The van der Waals surface area contributed by atoms with E-state index in [1.807, 2.05) is 0 Å². The molecule has 9 heteroatoms. The third-order valence-corrected chi connectivity index (χ3v) is 2.97. The van der Waals surface area contributed by atoms with Crippen LogP contribution in [0.1, 0.15) is 11.1 Å². The van der Waals surface area contributed by atoms with Gasteiger partial charge in [-0.05, 0) is 11.6 Å². The SMILES string of the molecule is COC(=O)Cc1cc(OC(F)F)cc([N+](=O)[O-])c1CBr. The molecule has 0 unspecified atom stereocenters. The first-order valence-corrected chi connectivity index (χ1v) is 6.39. The molecule has 6 nitrogen and oxygen atoms in total. The fourth-order valence-electron chi connectivity index (χ4n) is 1.56. The lowest BCUT2D eigenvalue weighted by Crippen LogP contribution is -2.10. The van der Waals surface area contributed by atoms with Gasteiger partial charge in [0.2, 0.25) is 0 Å². The van der Waals surface area contributed by atoms with Gasteiger partial charge in [-0.25, -0.2) is 0 Å². The van der Waals surface area contributed by atoms with Crippen molar-refractivity contribution in [3.05, 3.63) is 33.4 Å². The van der Waals surface area contributed by atoms with Crippen LogP contribution in [-0.4, -0.2) is 24.6 Å². The van der Waals surface area contributed by atoms with E-state index in [1.54, 1.807) is 0 Å². The second kappa shape index (κ2) is 7.13. The van der Waals surface area contributed by atoms with Crippen LogP contribution in [0.15, 0.2) is 12.1 Å². The summed E-state index contributed by atoms with van der Waals surface area (Å²) in [7, 11) is 1.16. The van der Waals surface area contributed by atoms with Gasteiger partial charge >= 0.3 is 12.6 Å². The molecule has 0 saturated heterocycles. The highest BCUT2D eigenvalue weighted by atomic mass is 79.9. The molecule has 0 heterocycles. The Labute approximate surface area is 120 Å². The Kier molecular flexibility index (Phi) is 5.81. The predicted octanol–water partition coefficient (Wildman–Crippen LogP) is 2.81. The number of nitro benzene ring substituents is 1. The molecule has 0 fully saturated rings. The van der Waals surface area contributed by atoms with Crippen LogP contribution < -0.4 is 4.74 Å². The van der Waals surface area contributed by atoms with Gasteiger partial charge in [-0.2, -0.15) is 8.78 Å². The number of carbonyl (C=O) groups is 1. The van der Waals surface area contributed by atoms with E-state index in [2.05, 4.69) is 25.4 Å². The van der Waals surface area contributed by atoms with Crippen molar-refractivity contribution in [2.24, 2.45) is 0 Å². The molecule has 0 radical (unpaired) electrons. The van der Waals surface area contributed by atoms with Gasteiger partial charge in [-0.1, -0.05) is 15.9 Å². The molecule has 0 aliphatic rings. The fourth-order valence-corrected chi connectivity index (χ4v) is 2.21. The second-order valence-electron chi connectivity index (χ2n) is 3.60. The maximum absolute atomic E-state index is 12.2. The van der Waals surface area contributed by atoms with Gasteiger partial charge in [0.05, 0.1) is 24.5 Å². The standard InChI is InChI=1S/C11H10BrF2NO5/c1-19-10(16)3-6-2-7(20-11(13)14)4-9(15(17)18)8(6)5-12/h2,4,11H,3,5H2,1H3. The van der Waals surface area contributed by atoms with Crippen molar-refractivity contribution < 1.29 is 28.0 Å². The van der Waals surface area contributed by atoms with E-state index in [-0.39, 0.29) is 28.6 Å². The number of ether oxygens (including phenoxy) is 2. The zero-order valence-electron chi connectivity index (χ0n) is 10.3. The van der Waals surface area contributed by atoms with Gasteiger partial charge in [0, 0.05) is 10.9 Å². The summed E-state index contributed by atoms with van der Waals surface area (Å²) in [6.07, 6.45) is -0.279. The van der Waals surface area contributed by atoms with Gasteiger partial charge in [0.25, 0.3) is 5.69 Å². The van der Waals surface area contributed by atoms with Gasteiger partial charge in [0.1, 0.15) is 5.75 Å². The highest BCUT2D eigenvalue weighted by molar-refractivity contribution is 9.08. The number of rotatable bonds is 6. The monoisotopic (exact) mass is 353 g/mol. The Balaban J connectivity index is 3.32. The largest absolute Gasteiger partial charge is 0.469 e. The molecule has 0 saturated carbocycles. The van der Waals surface area contributed by atoms with E-state index in [0.717, 1.165) is 19.2 Å². The van der Waals surface area contributed by atoms with E-state index in [0.29, 0.717) is 0 Å². The third-order valence-electron chi connectivity index (χ3n) is 2.41. The van der Waals surface area contributed by atoms with E-state index in [1.165, 1.54) is 0 Å². The van der Waals surface area contributed by atoms with Crippen molar-refractivity contribution in [3.63, 3.8) is 0 Å². The second-order valence-corrected chi connectivity index (χ2v) is 4.16. The topological polar surface area (TPSA) is 78.7 Å². The van der Waals surface area contributed by atoms with Crippen molar-refractivity contribution in [3.8, 4) is 5.75 Å². The van der Waals surface area contributed by atoms with Crippen LogP contribution in [-0.2, 0) is 21.3 Å². The predicted molar refractivity (Wildman–Crippen MR) is 68.1 cm³/mol. The zero-order chi connectivity index (χ0) is 15.3. The summed E-state index contributed by atoms with van der Waals surface area (Å²) in [6, 6.07) is 2.05. The van der Waals surface area contributed by atoms with Crippen molar-refractivity contribution in [1.29, 1.82) is 0 Å². The Bertz CT molecular complexity index is 524. The first-order chi connectivity index (χ1) is 9.38. The molecule has 1 aromatic carbocycles. The van der Waals surface area contributed by atoms with Crippen molar-refractivity contribution >= 4 is 27.6 Å². The summed E-state index contributed by atoms with van der Waals surface area (Å²) < 4.78 is 33.0. The van der Waals surface area contributed by atoms with E-state index in [9.17, 15) is 23.7 Å². The Morgan fingerprint density at radius 3 is 2.60 bits per heavy atom. The number of methoxy groups -OCH3 is 1. The van der Waals surface area contributed by atoms with Crippen LogP contribution >= 0.6 is 15.9 Å². The minimum absolute atomic E-state index is 0.0879. The Hall–Kier alpha value is -1.77. The molecule has 1 aromatic rings. The number of halogens is 3. The molecule has 0 aliphatic heterocycles. The van der Waals surface area contributed by atoms with Crippen LogP contribution in [0.4, 0.5) is 14.5 Å². The molecule has 20 heavy (non-hydrogen) atoms. The molecule has 1 rings (SSSR count). The zero-order valence-corrected chi connectivity index (χ0v) is 11.9. The molecule has 0 aliphatic carbocycles. The number of hydrogen-bond donors (Lipinski definition) is 0. The third kappa shape index (κ3) is 4.12. The molecular weight excluding hydrogens is 344 g/mol. The molecule has 0 aromatic heterocycles. The number of nitrogens with zero attached hydrogens (tertiary/aromatic N) is 1. The normalized spacial score (nSPS) is 10.4. The number of nitro groups is 1. The Morgan fingerprint density at radius 1 is 1.50 bits per heavy atom. The average Bonchev–Trinajstić information content (AvgIpc) is 2.37. The van der Waals surface area contributed by atoms with E-state index >= 15 is 0 Å².